The average molecular weight is 185 g/mol. The smallest absolute Gasteiger partial charge is 0.330 e. The molecule has 0 heterocycles. The first kappa shape index (κ1) is 12.2. The van der Waals surface area contributed by atoms with Gasteiger partial charge in [0.2, 0.25) is 0 Å². The molecule has 0 radical (unpaired) electrons. The van der Waals surface area contributed by atoms with Crippen molar-refractivity contribution in [3.63, 3.8) is 0 Å². The molecule has 0 bridgehead atoms. The Morgan fingerprint density at radius 3 is 2.62 bits per heavy atom. The van der Waals surface area contributed by atoms with E-state index in [2.05, 4.69) is 18.7 Å². The van der Waals surface area contributed by atoms with Crippen LogP contribution in [0, 0.1) is 0 Å². The summed E-state index contributed by atoms with van der Waals surface area (Å²) in [6.45, 7) is 7.24. The number of hydrogen-bond donors (Lipinski definition) is 0. The van der Waals surface area contributed by atoms with Gasteiger partial charge in [0, 0.05) is 18.7 Å². The molecule has 0 saturated carbocycles. The molecular formula is C10H19NO2. The summed E-state index contributed by atoms with van der Waals surface area (Å²) < 4.78 is 4.94. The highest BCUT2D eigenvalue weighted by molar-refractivity contribution is 5.81. The van der Waals surface area contributed by atoms with Crippen molar-refractivity contribution in [3.05, 3.63) is 12.2 Å². The highest BCUT2D eigenvalue weighted by Gasteiger charge is 2.03. The van der Waals surface area contributed by atoms with E-state index in [0.29, 0.717) is 12.6 Å². The van der Waals surface area contributed by atoms with Crippen LogP contribution in [0.2, 0.25) is 0 Å². The fraction of sp³-hybridized carbons (Fsp3) is 0.700. The van der Waals surface area contributed by atoms with Gasteiger partial charge in [0.05, 0.1) is 0 Å². The predicted octanol–water partition coefficient (Wildman–Crippen LogP) is 1.45. The van der Waals surface area contributed by atoms with E-state index >= 15 is 0 Å². The van der Waals surface area contributed by atoms with E-state index in [0.717, 1.165) is 6.54 Å². The van der Waals surface area contributed by atoms with Gasteiger partial charge in [0.25, 0.3) is 0 Å². The first-order chi connectivity index (χ1) is 6.07. The second-order valence-corrected chi connectivity index (χ2v) is 3.24. The van der Waals surface area contributed by atoms with Gasteiger partial charge in [-0.1, -0.05) is 6.08 Å². The van der Waals surface area contributed by atoms with Gasteiger partial charge in [0.1, 0.15) is 6.61 Å². The van der Waals surface area contributed by atoms with Crippen LogP contribution in [0.15, 0.2) is 12.2 Å². The van der Waals surface area contributed by atoms with Crippen LogP contribution in [-0.4, -0.2) is 37.1 Å². The third-order valence-corrected chi connectivity index (χ3v) is 1.87. The minimum absolute atomic E-state index is 0.264. The Morgan fingerprint density at radius 2 is 2.15 bits per heavy atom. The standard InChI is InChI=1S/C10H19NO2/c1-5-6-10(12)13-8-7-11(4)9(2)3/h5-6,9H,7-8H2,1-4H3/b6-5-. The van der Waals surface area contributed by atoms with Crippen LogP contribution in [0.5, 0.6) is 0 Å². The number of ether oxygens (including phenoxy) is 1. The van der Waals surface area contributed by atoms with Crippen LogP contribution >= 0.6 is 0 Å². The summed E-state index contributed by atoms with van der Waals surface area (Å²) in [4.78, 5) is 13.0. The first-order valence-corrected chi connectivity index (χ1v) is 4.57. The van der Waals surface area contributed by atoms with Gasteiger partial charge in [-0.25, -0.2) is 4.79 Å². The molecule has 0 unspecified atom stereocenters. The maximum Gasteiger partial charge on any atom is 0.330 e. The second kappa shape index (κ2) is 6.66. The molecule has 0 amide bonds. The van der Waals surface area contributed by atoms with Crippen molar-refractivity contribution in [2.24, 2.45) is 0 Å². The van der Waals surface area contributed by atoms with Gasteiger partial charge in [-0.05, 0) is 27.8 Å². The van der Waals surface area contributed by atoms with Crippen molar-refractivity contribution in [2.75, 3.05) is 20.2 Å². The average Bonchev–Trinajstić information content (AvgIpc) is 2.04. The molecule has 3 nitrogen and oxygen atoms in total. The van der Waals surface area contributed by atoms with E-state index in [1.54, 1.807) is 13.0 Å². The van der Waals surface area contributed by atoms with Crippen molar-refractivity contribution in [3.8, 4) is 0 Å². The van der Waals surface area contributed by atoms with Crippen molar-refractivity contribution >= 4 is 5.97 Å². The maximum absolute atomic E-state index is 10.9. The molecule has 0 rings (SSSR count). The van der Waals surface area contributed by atoms with E-state index in [1.807, 2.05) is 7.05 Å². The van der Waals surface area contributed by atoms with E-state index in [-0.39, 0.29) is 5.97 Å². The molecular weight excluding hydrogens is 166 g/mol. The molecule has 0 aromatic heterocycles. The van der Waals surface area contributed by atoms with Crippen LogP contribution in [0.25, 0.3) is 0 Å². The number of rotatable bonds is 5. The summed E-state index contributed by atoms with van der Waals surface area (Å²) in [7, 11) is 2.01. The number of nitrogens with zero attached hydrogens (tertiary/aromatic N) is 1. The van der Waals surface area contributed by atoms with Crippen molar-refractivity contribution in [2.45, 2.75) is 26.8 Å². The van der Waals surface area contributed by atoms with E-state index in [4.69, 9.17) is 4.74 Å². The van der Waals surface area contributed by atoms with Crippen molar-refractivity contribution in [1.82, 2.24) is 4.90 Å². The van der Waals surface area contributed by atoms with E-state index in [9.17, 15) is 4.79 Å². The fourth-order valence-corrected chi connectivity index (χ4v) is 0.733. The third kappa shape index (κ3) is 6.34. The molecule has 0 spiro atoms. The summed E-state index contributed by atoms with van der Waals surface area (Å²) in [5.74, 6) is -0.264. The SMILES string of the molecule is C/C=C\C(=O)OCCN(C)C(C)C. The van der Waals surface area contributed by atoms with Crippen LogP contribution in [0.1, 0.15) is 20.8 Å². The number of carbonyl (C=O) groups excluding carboxylic acids is 1. The molecule has 0 aliphatic carbocycles. The number of allylic oxidation sites excluding steroid dienone is 1. The summed E-state index contributed by atoms with van der Waals surface area (Å²) in [5.41, 5.74) is 0. The van der Waals surface area contributed by atoms with Gasteiger partial charge in [0.15, 0.2) is 0 Å². The number of hydrogen-bond acceptors (Lipinski definition) is 3. The lowest BCUT2D eigenvalue weighted by Gasteiger charge is -2.20. The van der Waals surface area contributed by atoms with Gasteiger partial charge in [-0.15, -0.1) is 0 Å². The van der Waals surface area contributed by atoms with E-state index < -0.39 is 0 Å². The quantitative estimate of drug-likeness (QED) is 0.479. The van der Waals surface area contributed by atoms with Crippen LogP contribution in [0.4, 0.5) is 0 Å². The minimum Gasteiger partial charge on any atom is -0.461 e. The summed E-state index contributed by atoms with van der Waals surface area (Å²) in [5, 5.41) is 0. The zero-order valence-electron chi connectivity index (χ0n) is 8.91. The number of esters is 1. The highest BCUT2D eigenvalue weighted by Crippen LogP contribution is 1.92. The summed E-state index contributed by atoms with van der Waals surface area (Å²) >= 11 is 0. The number of likely N-dealkylation sites (N-methyl/N-ethyl adjacent to an activating group) is 1. The zero-order chi connectivity index (χ0) is 10.3. The third-order valence-electron chi connectivity index (χ3n) is 1.87. The van der Waals surface area contributed by atoms with Crippen LogP contribution in [-0.2, 0) is 9.53 Å². The van der Waals surface area contributed by atoms with Gasteiger partial charge in [-0.3, -0.25) is 0 Å². The van der Waals surface area contributed by atoms with Crippen LogP contribution < -0.4 is 0 Å². The topological polar surface area (TPSA) is 29.5 Å². The Morgan fingerprint density at radius 1 is 1.54 bits per heavy atom. The summed E-state index contributed by atoms with van der Waals surface area (Å²) in [6.07, 6.45) is 3.10. The van der Waals surface area contributed by atoms with Crippen LogP contribution in [0.3, 0.4) is 0 Å². The largest absolute Gasteiger partial charge is 0.461 e. The molecule has 0 aromatic rings. The van der Waals surface area contributed by atoms with Gasteiger partial charge >= 0.3 is 5.97 Å². The number of carbonyl (C=O) groups is 1. The lowest BCUT2D eigenvalue weighted by atomic mass is 10.3. The molecule has 13 heavy (non-hydrogen) atoms. The Hall–Kier alpha value is -0.830. The summed E-state index contributed by atoms with van der Waals surface area (Å²) in [6, 6.07) is 0.486. The Labute approximate surface area is 80.4 Å². The first-order valence-electron chi connectivity index (χ1n) is 4.57. The van der Waals surface area contributed by atoms with Gasteiger partial charge in [-0.2, -0.15) is 0 Å². The van der Waals surface area contributed by atoms with Crippen molar-refractivity contribution < 1.29 is 9.53 Å². The molecule has 0 N–H and O–H groups in total. The minimum atomic E-state index is -0.264. The van der Waals surface area contributed by atoms with Crippen molar-refractivity contribution in [1.29, 1.82) is 0 Å². The predicted molar refractivity (Wildman–Crippen MR) is 53.5 cm³/mol. The molecule has 3 heteroatoms. The Balaban J connectivity index is 3.50. The maximum atomic E-state index is 10.9. The molecule has 0 aliphatic heterocycles. The lowest BCUT2D eigenvalue weighted by molar-refractivity contribution is -0.138. The highest BCUT2D eigenvalue weighted by atomic mass is 16.5. The molecule has 76 valence electrons. The molecule has 0 atom stereocenters. The molecule has 0 aliphatic rings. The second-order valence-electron chi connectivity index (χ2n) is 3.24. The fourth-order valence-electron chi connectivity index (χ4n) is 0.733. The normalized spacial score (nSPS) is 11.5. The Kier molecular flexibility index (Phi) is 6.24. The van der Waals surface area contributed by atoms with E-state index in [1.165, 1.54) is 6.08 Å². The zero-order valence-corrected chi connectivity index (χ0v) is 8.91. The monoisotopic (exact) mass is 185 g/mol. The lowest BCUT2D eigenvalue weighted by Crippen LogP contribution is -2.30. The molecule has 0 fully saturated rings. The Bertz CT molecular complexity index is 176. The molecule has 0 aromatic carbocycles. The van der Waals surface area contributed by atoms with Gasteiger partial charge < -0.3 is 9.64 Å². The molecule has 0 saturated heterocycles.